The van der Waals surface area contributed by atoms with Crippen molar-refractivity contribution in [1.82, 2.24) is 5.32 Å². The van der Waals surface area contributed by atoms with Gasteiger partial charge in [0.15, 0.2) is 0 Å². The molecule has 0 fully saturated rings. The topological polar surface area (TPSA) is 94.0 Å². The zero-order valence-electron chi connectivity index (χ0n) is 11.9. The molecule has 0 aliphatic carbocycles. The predicted octanol–water partition coefficient (Wildman–Crippen LogP) is 2.60. The zero-order valence-corrected chi connectivity index (χ0v) is 11.9. The first-order valence-corrected chi connectivity index (χ1v) is 6.47. The molecule has 0 aromatic heterocycles. The van der Waals surface area contributed by atoms with Crippen LogP contribution in [0.5, 0.6) is 0 Å². The van der Waals surface area contributed by atoms with Crippen LogP contribution in [0.1, 0.15) is 26.7 Å². The van der Waals surface area contributed by atoms with Gasteiger partial charge in [0.2, 0.25) is 5.91 Å². The Morgan fingerprint density at radius 1 is 1.38 bits per heavy atom. The molecule has 0 radical (unpaired) electrons. The van der Waals surface area contributed by atoms with Crippen molar-refractivity contribution in [1.29, 1.82) is 5.26 Å². The summed E-state index contributed by atoms with van der Waals surface area (Å²) in [5.41, 5.74) is 0.328. The molecule has 0 spiro atoms. The van der Waals surface area contributed by atoms with Gasteiger partial charge in [0, 0.05) is 18.7 Å². The molecule has 7 heteroatoms. The Labute approximate surface area is 122 Å². The normalized spacial score (nSPS) is 11.1. The van der Waals surface area contributed by atoms with Gasteiger partial charge >= 0.3 is 6.03 Å². The minimum atomic E-state index is -0.591. The average molecular weight is 292 g/mol. The lowest BCUT2D eigenvalue weighted by molar-refractivity contribution is -0.114. The van der Waals surface area contributed by atoms with Crippen LogP contribution >= 0.6 is 0 Å². The number of hydrogen-bond acceptors (Lipinski definition) is 3. The third kappa shape index (κ3) is 5.48. The number of rotatable bonds is 5. The third-order valence-electron chi connectivity index (χ3n) is 2.70. The molecule has 112 valence electrons. The number of carbonyl (C=O) groups excluding carboxylic acids is 2. The van der Waals surface area contributed by atoms with Gasteiger partial charge in [0.25, 0.3) is 0 Å². The van der Waals surface area contributed by atoms with E-state index in [0.29, 0.717) is 12.1 Å². The fourth-order valence-corrected chi connectivity index (χ4v) is 1.65. The van der Waals surface area contributed by atoms with Gasteiger partial charge in [0.1, 0.15) is 5.82 Å². The van der Waals surface area contributed by atoms with E-state index in [4.69, 9.17) is 5.26 Å². The van der Waals surface area contributed by atoms with Gasteiger partial charge in [-0.1, -0.05) is 6.92 Å². The van der Waals surface area contributed by atoms with Crippen LogP contribution in [0.15, 0.2) is 18.2 Å². The Morgan fingerprint density at radius 2 is 2.10 bits per heavy atom. The van der Waals surface area contributed by atoms with Gasteiger partial charge in [-0.15, -0.1) is 0 Å². The molecule has 3 amide bonds. The number of nitrogens with one attached hydrogen (secondary N) is 3. The molecule has 1 unspecified atom stereocenters. The first-order valence-electron chi connectivity index (χ1n) is 6.47. The van der Waals surface area contributed by atoms with E-state index in [9.17, 15) is 14.0 Å². The summed E-state index contributed by atoms with van der Waals surface area (Å²) in [6.07, 6.45) is 0.839. The summed E-state index contributed by atoms with van der Waals surface area (Å²) in [5, 5.41) is 16.1. The van der Waals surface area contributed by atoms with Crippen LogP contribution < -0.4 is 16.0 Å². The molecule has 0 saturated heterocycles. The van der Waals surface area contributed by atoms with E-state index >= 15 is 0 Å². The maximum absolute atomic E-state index is 13.5. The van der Waals surface area contributed by atoms with E-state index in [-0.39, 0.29) is 18.2 Å². The summed E-state index contributed by atoms with van der Waals surface area (Å²) >= 11 is 0. The van der Waals surface area contributed by atoms with E-state index in [2.05, 4.69) is 16.0 Å². The number of anilines is 2. The Hall–Kier alpha value is -2.62. The monoisotopic (exact) mass is 292 g/mol. The van der Waals surface area contributed by atoms with Crippen molar-refractivity contribution in [3.63, 3.8) is 0 Å². The minimum Gasteiger partial charge on any atom is -0.334 e. The second-order valence-corrected chi connectivity index (χ2v) is 4.44. The number of amides is 3. The van der Waals surface area contributed by atoms with Crippen LogP contribution in [-0.2, 0) is 4.79 Å². The van der Waals surface area contributed by atoms with Crippen molar-refractivity contribution in [2.24, 2.45) is 0 Å². The Kier molecular flexibility index (Phi) is 6.14. The summed E-state index contributed by atoms with van der Waals surface area (Å²) in [4.78, 5) is 22.7. The summed E-state index contributed by atoms with van der Waals surface area (Å²) in [6.45, 7) is 3.12. The fourth-order valence-electron chi connectivity index (χ4n) is 1.65. The standard InChI is InChI=1S/C14H17FN4O2/c1-3-10(6-7-16)18-14(21)19-11-4-5-12(15)13(8-11)17-9(2)20/h4-5,8,10H,3,6H2,1-2H3,(H,17,20)(H2,18,19,21). The highest BCUT2D eigenvalue weighted by Gasteiger charge is 2.11. The van der Waals surface area contributed by atoms with Gasteiger partial charge in [0.05, 0.1) is 18.2 Å². The van der Waals surface area contributed by atoms with Crippen LogP contribution in [0.25, 0.3) is 0 Å². The van der Waals surface area contributed by atoms with Gasteiger partial charge in [-0.25, -0.2) is 9.18 Å². The molecule has 0 saturated carbocycles. The lowest BCUT2D eigenvalue weighted by Gasteiger charge is -2.15. The second kappa shape index (κ2) is 7.85. The van der Waals surface area contributed by atoms with E-state index in [1.54, 1.807) is 0 Å². The van der Waals surface area contributed by atoms with E-state index in [0.717, 1.165) is 6.07 Å². The van der Waals surface area contributed by atoms with Crippen molar-refractivity contribution in [2.75, 3.05) is 10.6 Å². The molecule has 1 aromatic rings. The van der Waals surface area contributed by atoms with Crippen LogP contribution in [-0.4, -0.2) is 18.0 Å². The van der Waals surface area contributed by atoms with Crippen LogP contribution in [0, 0.1) is 17.1 Å². The van der Waals surface area contributed by atoms with E-state index in [1.807, 2.05) is 13.0 Å². The molecule has 21 heavy (non-hydrogen) atoms. The van der Waals surface area contributed by atoms with E-state index in [1.165, 1.54) is 19.1 Å². The van der Waals surface area contributed by atoms with Crippen LogP contribution in [0.4, 0.5) is 20.6 Å². The number of nitriles is 1. The first kappa shape index (κ1) is 16.4. The lowest BCUT2D eigenvalue weighted by Crippen LogP contribution is -2.37. The Morgan fingerprint density at radius 3 is 2.67 bits per heavy atom. The van der Waals surface area contributed by atoms with Crippen molar-refractivity contribution < 1.29 is 14.0 Å². The number of nitrogens with zero attached hydrogens (tertiary/aromatic N) is 1. The number of hydrogen-bond donors (Lipinski definition) is 3. The Balaban J connectivity index is 2.72. The lowest BCUT2D eigenvalue weighted by atomic mass is 10.2. The van der Waals surface area contributed by atoms with Crippen molar-refractivity contribution in [3.05, 3.63) is 24.0 Å². The number of halogens is 1. The molecule has 0 aliphatic heterocycles. The minimum absolute atomic E-state index is 0.00985. The van der Waals surface area contributed by atoms with Gasteiger partial charge in [-0.05, 0) is 24.6 Å². The van der Waals surface area contributed by atoms with Gasteiger partial charge in [-0.3, -0.25) is 4.79 Å². The van der Waals surface area contributed by atoms with Crippen molar-refractivity contribution in [2.45, 2.75) is 32.7 Å². The molecule has 6 nitrogen and oxygen atoms in total. The summed E-state index contributed by atoms with van der Waals surface area (Å²) in [6, 6.07) is 5.10. The highest BCUT2D eigenvalue weighted by molar-refractivity contribution is 5.92. The van der Waals surface area contributed by atoms with Crippen LogP contribution in [0.3, 0.4) is 0 Å². The molecule has 3 N–H and O–H groups in total. The Bertz CT molecular complexity index is 569. The molecular weight excluding hydrogens is 275 g/mol. The smallest absolute Gasteiger partial charge is 0.319 e. The van der Waals surface area contributed by atoms with Crippen molar-refractivity contribution >= 4 is 23.3 Å². The molecule has 0 aliphatic rings. The third-order valence-corrected chi connectivity index (χ3v) is 2.70. The maximum atomic E-state index is 13.5. The number of urea groups is 1. The highest BCUT2D eigenvalue weighted by Crippen LogP contribution is 2.19. The highest BCUT2D eigenvalue weighted by atomic mass is 19.1. The fraction of sp³-hybridized carbons (Fsp3) is 0.357. The van der Waals surface area contributed by atoms with Crippen molar-refractivity contribution in [3.8, 4) is 6.07 Å². The molecule has 0 heterocycles. The average Bonchev–Trinajstić information content (AvgIpc) is 2.41. The molecule has 1 rings (SSSR count). The molecule has 1 atom stereocenters. The number of benzene rings is 1. The maximum Gasteiger partial charge on any atom is 0.319 e. The second-order valence-electron chi connectivity index (χ2n) is 4.44. The first-order chi connectivity index (χ1) is 9.96. The number of carbonyl (C=O) groups is 2. The summed E-state index contributed by atoms with van der Waals surface area (Å²) in [7, 11) is 0. The van der Waals surface area contributed by atoms with E-state index < -0.39 is 17.8 Å². The van der Waals surface area contributed by atoms with Crippen LogP contribution in [0.2, 0.25) is 0 Å². The molecule has 1 aromatic carbocycles. The predicted molar refractivity (Wildman–Crippen MR) is 77.2 cm³/mol. The molecule has 0 bridgehead atoms. The van der Waals surface area contributed by atoms with Gasteiger partial charge < -0.3 is 16.0 Å². The largest absolute Gasteiger partial charge is 0.334 e. The SMILES string of the molecule is CCC(CC#N)NC(=O)Nc1ccc(F)c(NC(C)=O)c1. The van der Waals surface area contributed by atoms with Gasteiger partial charge in [-0.2, -0.15) is 5.26 Å². The summed E-state index contributed by atoms with van der Waals surface area (Å²) in [5.74, 6) is -0.998. The summed E-state index contributed by atoms with van der Waals surface area (Å²) < 4.78 is 13.5. The molecular formula is C14H17FN4O2. The quantitative estimate of drug-likeness (QED) is 0.778. The zero-order chi connectivity index (χ0) is 15.8.